The Hall–Kier alpha value is 1.59. The summed E-state index contributed by atoms with van der Waals surface area (Å²) in [6.45, 7) is 0. The minimum atomic E-state index is -1.58. The van der Waals surface area contributed by atoms with Crippen LogP contribution in [0.15, 0.2) is 0 Å². The van der Waals surface area contributed by atoms with Crippen LogP contribution in [0.2, 0.25) is 6.04 Å². The summed E-state index contributed by atoms with van der Waals surface area (Å²) in [7, 11) is -0.858. The van der Waals surface area contributed by atoms with Crippen LogP contribution in [0.4, 0.5) is 0 Å². The summed E-state index contributed by atoms with van der Waals surface area (Å²) < 4.78 is -0.597. The van der Waals surface area contributed by atoms with Gasteiger partial charge in [-0.15, -0.1) is 23.2 Å². The monoisotopic (exact) mass is 226 g/mol. The lowest BCUT2D eigenvalue weighted by Crippen LogP contribution is -2.16. The fourth-order valence-corrected chi connectivity index (χ4v) is 7.32. The fraction of sp³-hybridized carbons (Fsp3) is 1.00. The van der Waals surface area contributed by atoms with Crippen LogP contribution in [-0.4, -0.2) is 21.6 Å². The van der Waals surface area contributed by atoms with Gasteiger partial charge in [0.2, 0.25) is 7.42 Å². The zero-order valence-electron chi connectivity index (χ0n) is 4.30. The number of halogens is 4. The van der Waals surface area contributed by atoms with E-state index in [1.807, 2.05) is 0 Å². The molecule has 0 saturated heterocycles. The summed E-state index contributed by atoms with van der Waals surface area (Å²) in [5.41, 5.74) is 0. The highest BCUT2D eigenvalue weighted by Crippen LogP contribution is 2.25. The van der Waals surface area contributed by atoms with Crippen molar-refractivity contribution in [1.29, 1.82) is 0 Å². The van der Waals surface area contributed by atoms with Crippen molar-refractivity contribution in [3.63, 3.8) is 0 Å². The standard InChI is InChI=1S/C2H6Cl4Si2/c3-2(4,7)1-8(5)6/h8H,1H2,7H3. The minimum Gasteiger partial charge on any atom is -0.150 e. The first kappa shape index (κ1) is 9.59. The van der Waals surface area contributed by atoms with Gasteiger partial charge in [0.25, 0.3) is 0 Å². The van der Waals surface area contributed by atoms with E-state index in [0.29, 0.717) is 6.04 Å². The lowest BCUT2D eigenvalue weighted by Gasteiger charge is -2.11. The summed E-state index contributed by atoms with van der Waals surface area (Å²) in [6.07, 6.45) is 0. The van der Waals surface area contributed by atoms with Gasteiger partial charge in [-0.1, -0.05) is 0 Å². The molecule has 0 aliphatic carbocycles. The van der Waals surface area contributed by atoms with Gasteiger partial charge in [-0.25, -0.2) is 0 Å². The first-order chi connectivity index (χ1) is 3.42. The molecule has 0 aromatic rings. The third kappa shape index (κ3) is 7.59. The second kappa shape index (κ2) is 3.69. The second-order valence-corrected chi connectivity index (χ2v) is 11.5. The highest BCUT2D eigenvalue weighted by atomic mass is 35.7. The van der Waals surface area contributed by atoms with E-state index in [0.717, 1.165) is 10.2 Å². The minimum absolute atomic E-state index is 0.589. The number of alkyl halides is 2. The molecule has 0 rings (SSSR count). The van der Waals surface area contributed by atoms with Crippen molar-refractivity contribution in [2.24, 2.45) is 0 Å². The molecule has 0 fully saturated rings. The maximum Gasteiger partial charge on any atom is 0.239 e. The Morgan fingerprint density at radius 3 is 1.75 bits per heavy atom. The second-order valence-electron chi connectivity index (χ2n) is 1.67. The molecule has 0 N–H and O–H groups in total. The molecule has 0 radical (unpaired) electrons. The van der Waals surface area contributed by atoms with Gasteiger partial charge < -0.3 is 0 Å². The maximum atomic E-state index is 5.62. The van der Waals surface area contributed by atoms with Crippen LogP contribution in [0.25, 0.3) is 0 Å². The van der Waals surface area contributed by atoms with Gasteiger partial charge in [-0.3, -0.25) is 0 Å². The van der Waals surface area contributed by atoms with E-state index in [2.05, 4.69) is 0 Å². The van der Waals surface area contributed by atoms with Crippen molar-refractivity contribution in [2.75, 3.05) is 0 Å². The van der Waals surface area contributed by atoms with Crippen molar-refractivity contribution < 1.29 is 0 Å². The lowest BCUT2D eigenvalue weighted by atomic mass is 10.9. The molecule has 8 heavy (non-hydrogen) atoms. The molecule has 0 aliphatic rings. The Bertz CT molecular complexity index is 66.9. The van der Waals surface area contributed by atoms with Crippen LogP contribution < -0.4 is 0 Å². The average molecular weight is 228 g/mol. The van der Waals surface area contributed by atoms with Crippen molar-refractivity contribution in [1.82, 2.24) is 0 Å². The molecule has 0 saturated carbocycles. The van der Waals surface area contributed by atoms with E-state index in [1.54, 1.807) is 0 Å². The van der Waals surface area contributed by atoms with Crippen molar-refractivity contribution >= 4 is 63.0 Å². The molecule has 0 aliphatic heterocycles. The molecule has 50 valence electrons. The quantitative estimate of drug-likeness (QED) is 0.378. The summed E-state index contributed by atoms with van der Waals surface area (Å²) >= 11 is 22.3. The highest BCUT2D eigenvalue weighted by Gasteiger charge is 2.20. The molecular weight excluding hydrogens is 222 g/mol. The van der Waals surface area contributed by atoms with Gasteiger partial charge in [0.1, 0.15) is 0 Å². The Morgan fingerprint density at radius 2 is 1.75 bits per heavy atom. The molecule has 6 heteroatoms. The number of hydrogen-bond acceptors (Lipinski definition) is 0. The van der Waals surface area contributed by atoms with Crippen molar-refractivity contribution in [3.8, 4) is 0 Å². The van der Waals surface area contributed by atoms with E-state index in [9.17, 15) is 0 Å². The molecule has 0 aromatic carbocycles. The van der Waals surface area contributed by atoms with Crippen LogP contribution in [0.1, 0.15) is 0 Å². The van der Waals surface area contributed by atoms with E-state index < -0.39 is 11.4 Å². The molecule has 0 amide bonds. The zero-order valence-corrected chi connectivity index (χ0v) is 10.5. The predicted molar refractivity (Wildman–Crippen MR) is 48.0 cm³/mol. The summed E-state index contributed by atoms with van der Waals surface area (Å²) in [5, 5.41) is 0. The normalized spacial score (nSPS) is 13.1. The van der Waals surface area contributed by atoms with Crippen LogP contribution in [0, 0.1) is 0 Å². The Balaban J connectivity index is 3.39. The van der Waals surface area contributed by atoms with Crippen molar-refractivity contribution in [2.45, 2.75) is 10.0 Å². The van der Waals surface area contributed by atoms with Crippen LogP contribution in [0.5, 0.6) is 0 Å². The smallest absolute Gasteiger partial charge is 0.150 e. The van der Waals surface area contributed by atoms with Gasteiger partial charge in [-0.05, 0) is 6.04 Å². The molecule has 0 unspecified atom stereocenters. The van der Waals surface area contributed by atoms with Gasteiger partial charge in [0, 0.05) is 10.2 Å². The Labute approximate surface area is 72.9 Å². The topological polar surface area (TPSA) is 0 Å². The third-order valence-corrected chi connectivity index (χ3v) is 4.61. The molecule has 0 heterocycles. The van der Waals surface area contributed by atoms with Gasteiger partial charge in [0.05, 0.1) is 3.96 Å². The first-order valence-corrected chi connectivity index (χ1v) is 8.14. The SMILES string of the molecule is [SiH3]C(Cl)(Cl)C[SiH](Cl)Cl. The molecule has 0 bridgehead atoms. The average Bonchev–Trinajstić information content (AvgIpc) is 1.21. The molecule has 0 nitrogen and oxygen atoms in total. The fourth-order valence-electron chi connectivity index (χ4n) is 0.271. The zero-order chi connectivity index (χ0) is 6.78. The van der Waals surface area contributed by atoms with E-state index in [-0.39, 0.29) is 0 Å². The highest BCUT2D eigenvalue weighted by molar-refractivity contribution is 7.34. The lowest BCUT2D eigenvalue weighted by molar-refractivity contribution is 1.25. The third-order valence-electron chi connectivity index (χ3n) is 0.513. The van der Waals surface area contributed by atoms with Crippen LogP contribution >= 0.6 is 45.4 Å². The first-order valence-electron chi connectivity index (χ1n) is 2.08. The summed E-state index contributed by atoms with van der Waals surface area (Å²) in [4.78, 5) is 0. The van der Waals surface area contributed by atoms with E-state index in [4.69, 9.17) is 45.4 Å². The molecule has 0 spiro atoms. The van der Waals surface area contributed by atoms with Gasteiger partial charge >= 0.3 is 0 Å². The number of hydrogen-bond donors (Lipinski definition) is 0. The predicted octanol–water partition coefficient (Wildman–Crippen LogP) is 1.18. The van der Waals surface area contributed by atoms with E-state index >= 15 is 0 Å². The van der Waals surface area contributed by atoms with Gasteiger partial charge in [-0.2, -0.15) is 22.2 Å². The van der Waals surface area contributed by atoms with Crippen LogP contribution in [-0.2, 0) is 0 Å². The van der Waals surface area contributed by atoms with E-state index in [1.165, 1.54) is 0 Å². The molecule has 0 aromatic heterocycles. The largest absolute Gasteiger partial charge is 0.239 e. The van der Waals surface area contributed by atoms with Crippen LogP contribution in [0.3, 0.4) is 0 Å². The Morgan fingerprint density at radius 1 is 1.38 bits per heavy atom. The van der Waals surface area contributed by atoms with Crippen molar-refractivity contribution in [3.05, 3.63) is 0 Å². The summed E-state index contributed by atoms with van der Waals surface area (Å²) in [6, 6.07) is 0.589. The number of rotatable bonds is 2. The summed E-state index contributed by atoms with van der Waals surface area (Å²) in [5.74, 6) is 0. The maximum absolute atomic E-state index is 5.62. The molecule has 0 atom stereocenters. The Kier molecular flexibility index (Phi) is 4.42. The van der Waals surface area contributed by atoms with Gasteiger partial charge in [0.15, 0.2) is 0 Å². The molecular formula is C2H6Cl4Si2.